The van der Waals surface area contributed by atoms with Crippen LogP contribution in [0, 0.1) is 52.8 Å². The lowest BCUT2D eigenvalue weighted by Crippen LogP contribution is -2.47. The second-order valence-corrected chi connectivity index (χ2v) is 10.8. The Kier molecular flexibility index (Phi) is 3.76. The molecule has 26 heavy (non-hydrogen) atoms. The zero-order valence-electron chi connectivity index (χ0n) is 16.4. The molecule has 10 atom stereocenters. The normalized spacial score (nSPS) is 57.5. The van der Waals surface area contributed by atoms with Crippen LogP contribution in [-0.4, -0.2) is 6.04 Å². The summed E-state index contributed by atoms with van der Waals surface area (Å²) in [6, 6.07) is 0.484. The summed E-state index contributed by atoms with van der Waals surface area (Å²) in [5.74, 6) is 7.72. The van der Waals surface area contributed by atoms with Gasteiger partial charge in [0.05, 0.1) is 0 Å². The Morgan fingerprint density at radius 3 is 2.04 bits per heavy atom. The highest BCUT2D eigenvalue weighted by Crippen LogP contribution is 2.76. The molecule has 0 amide bonds. The van der Waals surface area contributed by atoms with Gasteiger partial charge < -0.3 is 5.73 Å². The van der Waals surface area contributed by atoms with E-state index in [-0.39, 0.29) is 0 Å². The van der Waals surface area contributed by atoms with Gasteiger partial charge in [0.2, 0.25) is 0 Å². The first-order valence-electron chi connectivity index (χ1n) is 11.9. The third kappa shape index (κ3) is 1.97. The fourth-order valence-electron chi connectivity index (χ4n) is 9.91. The maximum atomic E-state index is 6.64. The number of allylic oxidation sites excluding steroid dienone is 4. The molecule has 6 rings (SSSR count). The Bertz CT molecular complexity index is 612. The van der Waals surface area contributed by atoms with Crippen molar-refractivity contribution < 1.29 is 0 Å². The fourth-order valence-corrected chi connectivity index (χ4v) is 9.91. The van der Waals surface area contributed by atoms with Gasteiger partial charge in [-0.1, -0.05) is 37.1 Å². The van der Waals surface area contributed by atoms with Gasteiger partial charge in [-0.15, -0.1) is 0 Å². The molecule has 6 aliphatic rings. The van der Waals surface area contributed by atoms with E-state index in [1.54, 1.807) is 0 Å². The van der Waals surface area contributed by atoms with Gasteiger partial charge in [0.25, 0.3) is 0 Å². The van der Waals surface area contributed by atoms with Gasteiger partial charge >= 0.3 is 0 Å². The minimum atomic E-state index is 0.484. The molecule has 142 valence electrons. The molecule has 0 heterocycles. The topological polar surface area (TPSA) is 26.0 Å². The molecule has 2 N–H and O–H groups in total. The van der Waals surface area contributed by atoms with Crippen LogP contribution in [-0.2, 0) is 0 Å². The molecule has 4 fully saturated rings. The van der Waals surface area contributed by atoms with E-state index in [0.29, 0.717) is 11.5 Å². The summed E-state index contributed by atoms with van der Waals surface area (Å²) in [5, 5.41) is 0. The highest BCUT2D eigenvalue weighted by molar-refractivity contribution is 5.25. The van der Waals surface area contributed by atoms with E-state index < -0.39 is 0 Å². The van der Waals surface area contributed by atoms with E-state index >= 15 is 0 Å². The van der Waals surface area contributed by atoms with Crippen LogP contribution in [0.1, 0.15) is 70.6 Å². The summed E-state index contributed by atoms with van der Waals surface area (Å²) in [4.78, 5) is 0. The van der Waals surface area contributed by atoms with Gasteiger partial charge in [-0.3, -0.25) is 0 Å². The van der Waals surface area contributed by atoms with Crippen molar-refractivity contribution in [3.05, 3.63) is 24.3 Å². The summed E-state index contributed by atoms with van der Waals surface area (Å²) in [7, 11) is 0. The van der Waals surface area contributed by atoms with Crippen LogP contribution < -0.4 is 5.73 Å². The maximum absolute atomic E-state index is 6.64. The molecule has 0 radical (unpaired) electrons. The summed E-state index contributed by atoms with van der Waals surface area (Å²) in [6.45, 7) is 0. The monoisotopic (exact) mass is 351 g/mol. The molecule has 4 saturated carbocycles. The number of rotatable bonds is 0. The average molecular weight is 352 g/mol. The molecule has 1 spiro atoms. The van der Waals surface area contributed by atoms with Crippen molar-refractivity contribution in [1.82, 2.24) is 0 Å². The second-order valence-electron chi connectivity index (χ2n) is 10.8. The molecule has 0 aromatic carbocycles. The van der Waals surface area contributed by atoms with E-state index in [4.69, 9.17) is 5.73 Å². The molecule has 0 aromatic rings. The smallest absolute Gasteiger partial charge is 0.00418 e. The number of fused-ring (bicyclic) bond motifs is 10. The van der Waals surface area contributed by atoms with Crippen LogP contribution in [0.15, 0.2) is 24.3 Å². The summed E-state index contributed by atoms with van der Waals surface area (Å²) >= 11 is 0. The molecule has 0 aliphatic heterocycles. The molecule has 1 heteroatoms. The van der Waals surface area contributed by atoms with E-state index in [9.17, 15) is 0 Å². The molecular weight excluding hydrogens is 314 g/mol. The van der Waals surface area contributed by atoms with Crippen molar-refractivity contribution in [2.75, 3.05) is 0 Å². The summed E-state index contributed by atoms with van der Waals surface area (Å²) < 4.78 is 0. The number of hydrogen-bond donors (Lipinski definition) is 1. The van der Waals surface area contributed by atoms with E-state index in [1.807, 2.05) is 0 Å². The van der Waals surface area contributed by atoms with Crippen molar-refractivity contribution in [2.24, 2.45) is 58.5 Å². The standard InChI is InChI=1S/C25H37N/c26-16-13-14-20-19-9-3-6-12-23(19)25(24(20)15-16)21-10-4-1-7-17(21)18-8-2-5-11-22(18)25/h1,3,7,9,16-24H,2,4-6,8,10-15,26H2. The minimum Gasteiger partial charge on any atom is -0.328 e. The molecule has 0 bridgehead atoms. The maximum Gasteiger partial charge on any atom is 0.00418 e. The lowest BCUT2D eigenvalue weighted by molar-refractivity contribution is -0.0283. The summed E-state index contributed by atoms with van der Waals surface area (Å²) in [6.07, 6.45) is 26.3. The van der Waals surface area contributed by atoms with E-state index in [1.165, 1.54) is 70.6 Å². The van der Waals surface area contributed by atoms with Crippen molar-refractivity contribution in [2.45, 2.75) is 76.7 Å². The van der Waals surface area contributed by atoms with Crippen LogP contribution in [0.5, 0.6) is 0 Å². The van der Waals surface area contributed by atoms with Crippen molar-refractivity contribution in [3.8, 4) is 0 Å². The minimum absolute atomic E-state index is 0.484. The zero-order chi connectivity index (χ0) is 17.3. The Morgan fingerprint density at radius 1 is 0.654 bits per heavy atom. The predicted molar refractivity (Wildman–Crippen MR) is 107 cm³/mol. The number of nitrogens with two attached hydrogens (primary N) is 1. The van der Waals surface area contributed by atoms with E-state index in [2.05, 4.69) is 24.3 Å². The van der Waals surface area contributed by atoms with Crippen molar-refractivity contribution >= 4 is 0 Å². The third-order valence-corrected chi connectivity index (χ3v) is 10.3. The first-order valence-corrected chi connectivity index (χ1v) is 11.9. The molecule has 0 aromatic heterocycles. The Balaban J connectivity index is 1.52. The predicted octanol–water partition coefficient (Wildman–Crippen LogP) is 5.71. The van der Waals surface area contributed by atoms with Gasteiger partial charge in [0, 0.05) is 6.04 Å². The van der Waals surface area contributed by atoms with Gasteiger partial charge in [0.1, 0.15) is 0 Å². The molecule has 6 aliphatic carbocycles. The van der Waals surface area contributed by atoms with E-state index in [0.717, 1.165) is 47.3 Å². The lowest BCUT2D eigenvalue weighted by atomic mass is 9.53. The Hall–Kier alpha value is -0.560. The number of hydrogen-bond acceptors (Lipinski definition) is 1. The highest BCUT2D eigenvalue weighted by Gasteiger charge is 2.71. The zero-order valence-corrected chi connectivity index (χ0v) is 16.4. The van der Waals surface area contributed by atoms with Crippen LogP contribution in [0.2, 0.25) is 0 Å². The Morgan fingerprint density at radius 2 is 1.31 bits per heavy atom. The molecular formula is C25H37N. The Labute approximate surface area is 159 Å². The highest BCUT2D eigenvalue weighted by atomic mass is 14.8. The second kappa shape index (κ2) is 5.97. The summed E-state index contributed by atoms with van der Waals surface area (Å²) in [5.41, 5.74) is 7.29. The van der Waals surface area contributed by atoms with Crippen molar-refractivity contribution in [3.63, 3.8) is 0 Å². The van der Waals surface area contributed by atoms with Gasteiger partial charge in [-0.2, -0.15) is 0 Å². The van der Waals surface area contributed by atoms with Gasteiger partial charge in [0.15, 0.2) is 0 Å². The van der Waals surface area contributed by atoms with Crippen molar-refractivity contribution in [1.29, 1.82) is 0 Å². The third-order valence-electron chi connectivity index (χ3n) is 10.3. The van der Waals surface area contributed by atoms with Crippen LogP contribution >= 0.6 is 0 Å². The van der Waals surface area contributed by atoms with Gasteiger partial charge in [-0.05, 0) is 111 Å². The fraction of sp³-hybridized carbons (Fsp3) is 0.840. The largest absolute Gasteiger partial charge is 0.328 e. The lowest BCUT2D eigenvalue weighted by Gasteiger charge is -2.51. The van der Waals surface area contributed by atoms with Gasteiger partial charge in [-0.25, -0.2) is 0 Å². The average Bonchev–Trinajstić information content (AvgIpc) is 3.15. The first kappa shape index (κ1) is 16.4. The molecule has 1 nitrogen and oxygen atoms in total. The van der Waals surface area contributed by atoms with Crippen LogP contribution in [0.25, 0.3) is 0 Å². The first-order chi connectivity index (χ1) is 12.8. The molecule has 10 unspecified atom stereocenters. The van der Waals surface area contributed by atoms with Crippen LogP contribution in [0.4, 0.5) is 0 Å². The SMILES string of the molecule is NC1CCC2C3C=CCCC3C3(C4CCC=CC4C4CCCCC43)C2C1. The molecule has 0 saturated heterocycles. The van der Waals surface area contributed by atoms with Crippen LogP contribution in [0.3, 0.4) is 0 Å². The quantitative estimate of drug-likeness (QED) is 0.555.